The second-order valence-corrected chi connectivity index (χ2v) is 14.1. The van der Waals surface area contributed by atoms with Gasteiger partial charge in [0.05, 0.1) is 12.3 Å². The van der Waals surface area contributed by atoms with E-state index in [0.717, 1.165) is 26.2 Å². The van der Waals surface area contributed by atoms with Gasteiger partial charge < -0.3 is 29.5 Å². The predicted octanol–water partition coefficient (Wildman–Crippen LogP) is 2.00. The number of nitrogens with zero attached hydrogens (tertiary/aromatic N) is 2. The first-order chi connectivity index (χ1) is 20.8. The molecule has 2 heterocycles. The van der Waals surface area contributed by atoms with Gasteiger partial charge in [0.15, 0.2) is 6.10 Å². The lowest BCUT2D eigenvalue weighted by Crippen LogP contribution is -2.52. The lowest BCUT2D eigenvalue weighted by molar-refractivity contribution is -0.162. The standard InChI is InChI=1S/C30H48N4O9S/c1-5-6-18-44(39,40)32-25(27(35)36)19-22-9-11-23(12-10-22)41-21-24-20-34(29(38)42-24)15-7-8-26(28(37)43-30(2,3)4)33-16-13-31-14-17-33/h9-12,24-26,31-32H,5-8,13-21H2,1-4H3,(H,35,36). The monoisotopic (exact) mass is 640 g/mol. The van der Waals surface area contributed by atoms with Crippen molar-refractivity contribution in [1.82, 2.24) is 19.8 Å². The maximum atomic E-state index is 13.0. The molecule has 2 fully saturated rings. The first-order valence-corrected chi connectivity index (χ1v) is 17.0. The molecule has 44 heavy (non-hydrogen) atoms. The molecule has 2 aliphatic rings. The van der Waals surface area contributed by atoms with E-state index in [1.54, 1.807) is 29.2 Å². The first kappa shape index (κ1) is 35.5. The minimum absolute atomic E-state index is 0.0143. The summed E-state index contributed by atoms with van der Waals surface area (Å²) in [7, 11) is -3.70. The number of cyclic esters (lactones) is 1. The molecule has 13 nitrogen and oxygen atoms in total. The van der Waals surface area contributed by atoms with Crippen LogP contribution < -0.4 is 14.8 Å². The van der Waals surface area contributed by atoms with E-state index in [1.165, 1.54) is 0 Å². The van der Waals surface area contributed by atoms with E-state index in [4.69, 9.17) is 14.2 Å². The molecule has 1 amide bonds. The number of nitrogens with one attached hydrogen (secondary N) is 2. The summed E-state index contributed by atoms with van der Waals surface area (Å²) < 4.78 is 43.6. The molecule has 2 saturated heterocycles. The molecule has 248 valence electrons. The van der Waals surface area contributed by atoms with Crippen molar-refractivity contribution in [2.75, 3.05) is 51.6 Å². The Hall–Kier alpha value is -2.94. The molecule has 0 radical (unpaired) electrons. The van der Waals surface area contributed by atoms with Crippen LogP contribution in [0.3, 0.4) is 0 Å². The Morgan fingerprint density at radius 2 is 1.84 bits per heavy atom. The van der Waals surface area contributed by atoms with E-state index in [-0.39, 0.29) is 30.8 Å². The average Bonchev–Trinajstić information content (AvgIpc) is 3.31. The average molecular weight is 641 g/mol. The summed E-state index contributed by atoms with van der Waals surface area (Å²) in [5, 5.41) is 12.8. The van der Waals surface area contributed by atoms with Crippen molar-refractivity contribution >= 4 is 28.1 Å². The van der Waals surface area contributed by atoms with Crippen molar-refractivity contribution in [1.29, 1.82) is 0 Å². The zero-order valence-corrected chi connectivity index (χ0v) is 27.1. The molecular formula is C30H48N4O9S. The Kier molecular flexibility index (Phi) is 13.2. The van der Waals surface area contributed by atoms with Crippen LogP contribution >= 0.6 is 0 Å². The van der Waals surface area contributed by atoms with Gasteiger partial charge in [-0.15, -0.1) is 0 Å². The van der Waals surface area contributed by atoms with Gasteiger partial charge in [0, 0.05) is 32.7 Å². The number of amides is 1. The number of unbranched alkanes of at least 4 members (excludes halogenated alkanes) is 1. The maximum Gasteiger partial charge on any atom is 0.410 e. The number of piperazine rings is 1. The number of benzene rings is 1. The number of carboxylic acids is 1. The first-order valence-electron chi connectivity index (χ1n) is 15.3. The smallest absolute Gasteiger partial charge is 0.410 e. The molecule has 0 bridgehead atoms. The summed E-state index contributed by atoms with van der Waals surface area (Å²) >= 11 is 0. The Labute approximate surface area is 260 Å². The zero-order valence-electron chi connectivity index (χ0n) is 26.2. The highest BCUT2D eigenvalue weighted by atomic mass is 32.2. The van der Waals surface area contributed by atoms with Gasteiger partial charge in [0.25, 0.3) is 0 Å². The number of ether oxygens (including phenoxy) is 3. The largest absolute Gasteiger partial charge is 0.490 e. The van der Waals surface area contributed by atoms with Gasteiger partial charge in [0.2, 0.25) is 10.0 Å². The van der Waals surface area contributed by atoms with Crippen molar-refractivity contribution in [3.63, 3.8) is 0 Å². The van der Waals surface area contributed by atoms with Crippen molar-refractivity contribution in [2.24, 2.45) is 0 Å². The van der Waals surface area contributed by atoms with Gasteiger partial charge in [-0.25, -0.2) is 17.9 Å². The number of carbonyl (C=O) groups is 3. The summed E-state index contributed by atoms with van der Waals surface area (Å²) in [5.74, 6) is -1.10. The molecular weight excluding hydrogens is 592 g/mol. The Morgan fingerprint density at radius 3 is 2.45 bits per heavy atom. The Morgan fingerprint density at radius 1 is 1.16 bits per heavy atom. The number of hydrogen-bond donors (Lipinski definition) is 3. The summed E-state index contributed by atoms with van der Waals surface area (Å²) in [5.41, 5.74) is 0.0529. The molecule has 3 unspecified atom stereocenters. The molecule has 3 rings (SSSR count). The normalized spacial score (nSPS) is 19.3. The van der Waals surface area contributed by atoms with Gasteiger partial charge in [-0.1, -0.05) is 25.5 Å². The van der Waals surface area contributed by atoms with Crippen LogP contribution in [0.4, 0.5) is 4.79 Å². The lowest BCUT2D eigenvalue weighted by Gasteiger charge is -2.35. The molecule has 3 atom stereocenters. The van der Waals surface area contributed by atoms with Crippen LogP contribution in [0.1, 0.15) is 58.9 Å². The number of sulfonamides is 1. The highest BCUT2D eigenvalue weighted by Gasteiger charge is 2.34. The molecule has 1 aromatic rings. The van der Waals surface area contributed by atoms with Gasteiger partial charge in [-0.2, -0.15) is 0 Å². The summed E-state index contributed by atoms with van der Waals surface area (Å²) in [6.45, 7) is 11.5. The number of esters is 1. The van der Waals surface area contributed by atoms with E-state index < -0.39 is 39.8 Å². The predicted molar refractivity (Wildman–Crippen MR) is 164 cm³/mol. The fraction of sp³-hybridized carbons (Fsp3) is 0.700. The topological polar surface area (TPSA) is 164 Å². The van der Waals surface area contributed by atoms with Crippen LogP contribution in [-0.4, -0.2) is 117 Å². The fourth-order valence-electron chi connectivity index (χ4n) is 5.07. The van der Waals surface area contributed by atoms with Crippen LogP contribution in [0, 0.1) is 0 Å². The quantitative estimate of drug-likeness (QED) is 0.213. The maximum absolute atomic E-state index is 13.0. The fourth-order valence-corrected chi connectivity index (χ4v) is 6.47. The van der Waals surface area contributed by atoms with Gasteiger partial charge in [-0.05, 0) is 64.2 Å². The van der Waals surface area contributed by atoms with Crippen LogP contribution in [0.15, 0.2) is 24.3 Å². The van der Waals surface area contributed by atoms with E-state index in [0.29, 0.717) is 50.1 Å². The van der Waals surface area contributed by atoms with Gasteiger partial charge >= 0.3 is 18.0 Å². The Bertz CT molecular complexity index is 1200. The zero-order chi connectivity index (χ0) is 32.3. The van der Waals surface area contributed by atoms with Crippen molar-refractivity contribution < 1.29 is 42.1 Å². The van der Waals surface area contributed by atoms with Gasteiger partial charge in [0.1, 0.15) is 30.0 Å². The van der Waals surface area contributed by atoms with Crippen LogP contribution in [0.5, 0.6) is 5.75 Å². The molecule has 1 aromatic carbocycles. The van der Waals surface area contributed by atoms with Crippen molar-refractivity contribution in [2.45, 2.75) is 83.6 Å². The molecule has 0 aromatic heterocycles. The molecule has 2 aliphatic heterocycles. The highest BCUT2D eigenvalue weighted by Crippen LogP contribution is 2.20. The van der Waals surface area contributed by atoms with Crippen LogP contribution in [0.25, 0.3) is 0 Å². The van der Waals surface area contributed by atoms with E-state index in [2.05, 4.69) is 14.9 Å². The third kappa shape index (κ3) is 11.9. The lowest BCUT2D eigenvalue weighted by atomic mass is 10.1. The second-order valence-electron chi connectivity index (χ2n) is 12.3. The van der Waals surface area contributed by atoms with E-state index in [1.807, 2.05) is 27.7 Å². The molecule has 0 spiro atoms. The van der Waals surface area contributed by atoms with E-state index >= 15 is 0 Å². The van der Waals surface area contributed by atoms with Crippen molar-refractivity contribution in [3.05, 3.63) is 29.8 Å². The molecule has 14 heteroatoms. The van der Waals surface area contributed by atoms with Crippen molar-refractivity contribution in [3.8, 4) is 5.75 Å². The number of hydrogen-bond acceptors (Lipinski definition) is 10. The Balaban J connectivity index is 1.46. The molecule has 0 saturated carbocycles. The number of aliphatic carboxylic acids is 1. The second kappa shape index (κ2) is 16.4. The minimum atomic E-state index is -3.70. The number of carboxylic acid groups (broad SMARTS) is 1. The number of rotatable bonds is 17. The van der Waals surface area contributed by atoms with Gasteiger partial charge in [-0.3, -0.25) is 14.5 Å². The highest BCUT2D eigenvalue weighted by molar-refractivity contribution is 7.89. The minimum Gasteiger partial charge on any atom is -0.490 e. The third-order valence-corrected chi connectivity index (χ3v) is 8.78. The molecule has 3 N–H and O–H groups in total. The summed E-state index contributed by atoms with van der Waals surface area (Å²) in [4.78, 5) is 40.9. The third-order valence-electron chi connectivity index (χ3n) is 7.31. The number of carbonyl (C=O) groups excluding carboxylic acids is 2. The summed E-state index contributed by atoms with van der Waals surface area (Å²) in [6, 6.07) is 5.05. The van der Waals surface area contributed by atoms with Crippen LogP contribution in [-0.2, 0) is 35.5 Å². The van der Waals surface area contributed by atoms with E-state index in [9.17, 15) is 27.9 Å². The molecule has 0 aliphatic carbocycles. The SMILES string of the molecule is CCCCS(=O)(=O)NC(Cc1ccc(OCC2CN(CCCC(C(=O)OC(C)(C)C)N3CCNCC3)C(=O)O2)cc1)C(=O)O. The summed E-state index contributed by atoms with van der Waals surface area (Å²) in [6.07, 6.45) is 1.41. The van der Waals surface area contributed by atoms with Crippen LogP contribution in [0.2, 0.25) is 0 Å².